The Hall–Kier alpha value is -0.980. The number of sulfonamides is 1. The number of aromatic nitrogens is 1. The van der Waals surface area contributed by atoms with Crippen LogP contribution in [0.3, 0.4) is 0 Å². The molecule has 0 bridgehead atoms. The molecule has 0 atom stereocenters. The molecule has 1 aromatic heterocycles. The Balaban J connectivity index is 2.26. The monoisotopic (exact) mass is 283 g/mol. The number of hydrogen-bond donors (Lipinski definition) is 1. The van der Waals surface area contributed by atoms with Gasteiger partial charge in [-0.25, -0.2) is 8.42 Å². The van der Waals surface area contributed by atoms with E-state index in [2.05, 4.69) is 18.8 Å². The van der Waals surface area contributed by atoms with Crippen LogP contribution in [0.5, 0.6) is 0 Å². The van der Waals surface area contributed by atoms with Crippen molar-refractivity contribution < 1.29 is 8.42 Å². The van der Waals surface area contributed by atoms with Crippen molar-refractivity contribution in [2.45, 2.75) is 38.1 Å². The minimum atomic E-state index is -3.43. The Bertz CT molecular complexity index is 538. The Morgan fingerprint density at radius 1 is 1.42 bits per heavy atom. The summed E-state index contributed by atoms with van der Waals surface area (Å²) in [6.45, 7) is 5.67. The number of nitrogens with two attached hydrogens (primary N) is 1. The zero-order valence-corrected chi connectivity index (χ0v) is 12.3. The van der Waals surface area contributed by atoms with Crippen LogP contribution >= 0.6 is 0 Å². The van der Waals surface area contributed by atoms with Crippen LogP contribution in [0, 0.1) is 5.41 Å². The van der Waals surface area contributed by atoms with Crippen molar-refractivity contribution in [3.63, 3.8) is 0 Å². The van der Waals surface area contributed by atoms with Crippen molar-refractivity contribution in [2.75, 3.05) is 13.1 Å². The highest BCUT2D eigenvalue weighted by molar-refractivity contribution is 7.89. The molecule has 0 aromatic carbocycles. The first kappa shape index (κ1) is 14.4. The van der Waals surface area contributed by atoms with Crippen LogP contribution in [-0.2, 0) is 16.6 Å². The fourth-order valence-electron chi connectivity index (χ4n) is 2.41. The second-order valence-corrected chi connectivity index (χ2v) is 7.73. The summed E-state index contributed by atoms with van der Waals surface area (Å²) in [5, 5.41) is 0. The average Bonchev–Trinajstić information content (AvgIpc) is 2.37. The molecular formula is C13H21N3O2S. The predicted octanol–water partition coefficient (Wildman–Crippen LogP) is 1.35. The lowest BCUT2D eigenvalue weighted by molar-refractivity contribution is 0.187. The van der Waals surface area contributed by atoms with Gasteiger partial charge in [-0.05, 0) is 30.4 Å². The minimum Gasteiger partial charge on any atom is -0.325 e. The first-order valence-corrected chi connectivity index (χ1v) is 7.94. The van der Waals surface area contributed by atoms with Gasteiger partial charge in [0.1, 0.15) is 4.90 Å². The van der Waals surface area contributed by atoms with Crippen molar-refractivity contribution in [2.24, 2.45) is 11.1 Å². The zero-order valence-electron chi connectivity index (χ0n) is 11.5. The van der Waals surface area contributed by atoms with Gasteiger partial charge in [-0.3, -0.25) is 4.98 Å². The third-order valence-electron chi connectivity index (χ3n) is 3.51. The van der Waals surface area contributed by atoms with Crippen molar-refractivity contribution in [3.05, 3.63) is 24.0 Å². The molecule has 2 rings (SSSR count). The van der Waals surface area contributed by atoms with Gasteiger partial charge in [0, 0.05) is 25.8 Å². The van der Waals surface area contributed by atoms with E-state index >= 15 is 0 Å². The van der Waals surface area contributed by atoms with Crippen LogP contribution in [0.25, 0.3) is 0 Å². The van der Waals surface area contributed by atoms with Gasteiger partial charge in [-0.1, -0.05) is 13.8 Å². The van der Waals surface area contributed by atoms with Crippen molar-refractivity contribution in [1.82, 2.24) is 9.29 Å². The predicted molar refractivity (Wildman–Crippen MR) is 73.9 cm³/mol. The first-order valence-electron chi connectivity index (χ1n) is 6.50. The summed E-state index contributed by atoms with van der Waals surface area (Å²) in [7, 11) is -3.43. The summed E-state index contributed by atoms with van der Waals surface area (Å²) in [6.07, 6.45) is 3.36. The summed E-state index contributed by atoms with van der Waals surface area (Å²) in [4.78, 5) is 4.32. The van der Waals surface area contributed by atoms with Crippen LogP contribution in [0.15, 0.2) is 23.2 Å². The van der Waals surface area contributed by atoms with Crippen LogP contribution in [0.4, 0.5) is 0 Å². The second-order valence-electron chi connectivity index (χ2n) is 5.80. The van der Waals surface area contributed by atoms with Crippen molar-refractivity contribution in [3.8, 4) is 0 Å². The molecule has 0 aliphatic carbocycles. The fraction of sp³-hybridized carbons (Fsp3) is 0.615. The maximum atomic E-state index is 12.5. The van der Waals surface area contributed by atoms with E-state index in [9.17, 15) is 8.42 Å². The molecule has 0 unspecified atom stereocenters. The Morgan fingerprint density at radius 2 is 2.16 bits per heavy atom. The molecule has 6 heteroatoms. The SMILES string of the molecule is CC1(C)CCCN(S(=O)(=O)c2ccc(CN)nc2)C1. The first-order chi connectivity index (χ1) is 8.85. The quantitative estimate of drug-likeness (QED) is 0.908. The molecule has 0 spiro atoms. The molecule has 5 nitrogen and oxygen atoms in total. The van der Waals surface area contributed by atoms with E-state index < -0.39 is 10.0 Å². The van der Waals surface area contributed by atoms with Gasteiger partial charge in [-0.2, -0.15) is 4.31 Å². The molecule has 1 fully saturated rings. The van der Waals surface area contributed by atoms with E-state index in [1.165, 1.54) is 6.20 Å². The Kier molecular flexibility index (Phi) is 3.94. The Labute approximate surface area is 114 Å². The van der Waals surface area contributed by atoms with Crippen molar-refractivity contribution >= 4 is 10.0 Å². The van der Waals surface area contributed by atoms with E-state index in [4.69, 9.17) is 5.73 Å². The molecule has 0 saturated carbocycles. The molecular weight excluding hydrogens is 262 g/mol. The molecule has 1 aliphatic rings. The molecule has 2 N–H and O–H groups in total. The molecule has 0 amide bonds. The van der Waals surface area contributed by atoms with Crippen LogP contribution in [-0.4, -0.2) is 30.8 Å². The average molecular weight is 283 g/mol. The standard InChI is InChI=1S/C13H21N3O2S/c1-13(2)6-3-7-16(10-13)19(17,18)12-5-4-11(8-14)15-9-12/h4-5,9H,3,6-8,10,14H2,1-2H3. The number of piperidine rings is 1. The molecule has 19 heavy (non-hydrogen) atoms. The highest BCUT2D eigenvalue weighted by atomic mass is 32.2. The lowest BCUT2D eigenvalue weighted by Gasteiger charge is -2.37. The van der Waals surface area contributed by atoms with E-state index in [0.717, 1.165) is 12.8 Å². The highest BCUT2D eigenvalue weighted by Crippen LogP contribution is 2.31. The van der Waals surface area contributed by atoms with E-state index in [-0.39, 0.29) is 10.3 Å². The van der Waals surface area contributed by atoms with Gasteiger partial charge in [0.05, 0.1) is 5.69 Å². The molecule has 1 saturated heterocycles. The normalized spacial score (nSPS) is 20.4. The molecule has 1 aromatic rings. The topological polar surface area (TPSA) is 76.3 Å². The molecule has 106 valence electrons. The van der Waals surface area contributed by atoms with Gasteiger partial charge in [0.25, 0.3) is 0 Å². The molecule has 2 heterocycles. The van der Waals surface area contributed by atoms with E-state index in [0.29, 0.717) is 25.3 Å². The third-order valence-corrected chi connectivity index (χ3v) is 5.34. The smallest absolute Gasteiger partial charge is 0.244 e. The molecule has 0 radical (unpaired) electrons. The van der Waals surface area contributed by atoms with E-state index in [1.54, 1.807) is 16.4 Å². The number of rotatable bonds is 3. The summed E-state index contributed by atoms with van der Waals surface area (Å²) < 4.78 is 26.6. The maximum Gasteiger partial charge on any atom is 0.244 e. The zero-order chi connectivity index (χ0) is 14.1. The minimum absolute atomic E-state index is 0.0376. The van der Waals surface area contributed by atoms with Gasteiger partial charge >= 0.3 is 0 Å². The number of nitrogens with zero attached hydrogens (tertiary/aromatic N) is 2. The van der Waals surface area contributed by atoms with Gasteiger partial charge in [0.15, 0.2) is 0 Å². The number of pyridine rings is 1. The fourth-order valence-corrected chi connectivity index (χ4v) is 4.02. The van der Waals surface area contributed by atoms with Crippen molar-refractivity contribution in [1.29, 1.82) is 0 Å². The lowest BCUT2D eigenvalue weighted by atomic mass is 9.85. The third kappa shape index (κ3) is 3.13. The van der Waals surface area contributed by atoms with Gasteiger partial charge in [0.2, 0.25) is 10.0 Å². The van der Waals surface area contributed by atoms with Gasteiger partial charge < -0.3 is 5.73 Å². The highest BCUT2D eigenvalue weighted by Gasteiger charge is 2.34. The van der Waals surface area contributed by atoms with Crippen LogP contribution in [0.1, 0.15) is 32.4 Å². The summed E-state index contributed by atoms with van der Waals surface area (Å²) >= 11 is 0. The summed E-state index contributed by atoms with van der Waals surface area (Å²) in [5.74, 6) is 0. The largest absolute Gasteiger partial charge is 0.325 e. The maximum absolute atomic E-state index is 12.5. The summed E-state index contributed by atoms with van der Waals surface area (Å²) in [6, 6.07) is 3.26. The summed E-state index contributed by atoms with van der Waals surface area (Å²) in [5.41, 5.74) is 6.20. The molecule has 1 aliphatic heterocycles. The van der Waals surface area contributed by atoms with E-state index in [1.807, 2.05) is 0 Å². The lowest BCUT2D eigenvalue weighted by Crippen LogP contribution is -2.43. The van der Waals surface area contributed by atoms with Gasteiger partial charge in [-0.15, -0.1) is 0 Å². The Morgan fingerprint density at radius 3 is 2.68 bits per heavy atom. The van der Waals surface area contributed by atoms with Crippen LogP contribution < -0.4 is 5.73 Å². The van der Waals surface area contributed by atoms with Crippen LogP contribution in [0.2, 0.25) is 0 Å². The number of hydrogen-bond acceptors (Lipinski definition) is 4. The second kappa shape index (κ2) is 5.19.